The number of hydrogen-bond acceptors (Lipinski definition) is 7. The highest BCUT2D eigenvalue weighted by Crippen LogP contribution is 2.37. The van der Waals surface area contributed by atoms with Crippen LogP contribution in [0.15, 0.2) is 24.0 Å². The molecule has 2 heterocycles. The molecule has 4 atom stereocenters. The molecule has 1 fully saturated rings. The van der Waals surface area contributed by atoms with Gasteiger partial charge in [0.25, 0.3) is 0 Å². The number of phosphoric ester groups is 1. The molecule has 11 heteroatoms. The van der Waals surface area contributed by atoms with Crippen LogP contribution in [-0.4, -0.2) is 62.0 Å². The lowest BCUT2D eigenvalue weighted by Crippen LogP contribution is -2.40. The quantitative estimate of drug-likeness (QED) is 0.362. The fourth-order valence-electron chi connectivity index (χ4n) is 2.18. The standard InChI is InChI=1S/C11H17N2O8P/c12-10(16)6-2-1-3-13(4-6)11-9(15)8(14)7(21-11)5-20-22(17,18)19/h1,3-4,7-9,11,14-15H,2,5H2,(H2,12,16)(H2,17,18,19)/t7-,8+,9?,11-/m1/s1. The third kappa shape index (κ3) is 3.93. The minimum atomic E-state index is -4.71. The van der Waals surface area contributed by atoms with Gasteiger partial charge in [0.15, 0.2) is 6.23 Å². The summed E-state index contributed by atoms with van der Waals surface area (Å²) in [5, 5.41) is 19.8. The Labute approximate surface area is 125 Å². The monoisotopic (exact) mass is 336 g/mol. The molecule has 0 aromatic rings. The number of ether oxygens (including phenoxy) is 1. The van der Waals surface area contributed by atoms with Crippen molar-refractivity contribution in [3.05, 3.63) is 24.0 Å². The molecule has 0 saturated carbocycles. The van der Waals surface area contributed by atoms with Crippen molar-refractivity contribution < 1.29 is 38.6 Å². The largest absolute Gasteiger partial charge is 0.469 e. The number of rotatable bonds is 5. The van der Waals surface area contributed by atoms with Crippen LogP contribution in [-0.2, 0) is 18.6 Å². The van der Waals surface area contributed by atoms with E-state index in [2.05, 4.69) is 4.52 Å². The molecule has 2 aliphatic rings. The van der Waals surface area contributed by atoms with Crippen molar-refractivity contribution in [2.24, 2.45) is 5.73 Å². The number of aliphatic hydroxyl groups excluding tert-OH is 2. The van der Waals surface area contributed by atoms with Gasteiger partial charge >= 0.3 is 7.82 Å². The Morgan fingerprint density at radius 2 is 2.14 bits per heavy atom. The second kappa shape index (κ2) is 6.47. The summed E-state index contributed by atoms with van der Waals surface area (Å²) in [6.45, 7) is -0.594. The molecule has 1 amide bonds. The van der Waals surface area contributed by atoms with Crippen LogP contribution in [0.5, 0.6) is 0 Å². The van der Waals surface area contributed by atoms with Crippen LogP contribution in [0.4, 0.5) is 0 Å². The van der Waals surface area contributed by atoms with E-state index >= 15 is 0 Å². The fraction of sp³-hybridized carbons (Fsp3) is 0.545. The summed E-state index contributed by atoms with van der Waals surface area (Å²) in [4.78, 5) is 29.8. The summed E-state index contributed by atoms with van der Waals surface area (Å²) in [6.07, 6.45) is -0.0475. The second-order valence-electron chi connectivity index (χ2n) is 4.89. The molecular formula is C11H17N2O8P. The summed E-state index contributed by atoms with van der Waals surface area (Å²) in [6, 6.07) is 0. The second-order valence-corrected chi connectivity index (χ2v) is 6.13. The number of nitrogens with two attached hydrogens (primary N) is 1. The summed E-state index contributed by atoms with van der Waals surface area (Å²) in [5.74, 6) is -0.622. The molecule has 10 nitrogen and oxygen atoms in total. The van der Waals surface area contributed by atoms with Gasteiger partial charge in [0.05, 0.1) is 6.61 Å². The molecule has 0 aromatic carbocycles. The molecule has 0 radical (unpaired) electrons. The van der Waals surface area contributed by atoms with Crippen molar-refractivity contribution in [2.45, 2.75) is 31.0 Å². The average Bonchev–Trinajstić information content (AvgIpc) is 2.72. The fourth-order valence-corrected chi connectivity index (χ4v) is 2.52. The Balaban J connectivity index is 2.06. The van der Waals surface area contributed by atoms with Crippen LogP contribution in [0.2, 0.25) is 0 Å². The minimum Gasteiger partial charge on any atom is -0.387 e. The van der Waals surface area contributed by atoms with Crippen LogP contribution in [0.3, 0.4) is 0 Å². The van der Waals surface area contributed by atoms with Gasteiger partial charge < -0.3 is 35.4 Å². The normalized spacial score (nSPS) is 32.2. The van der Waals surface area contributed by atoms with E-state index in [0.29, 0.717) is 12.0 Å². The highest BCUT2D eigenvalue weighted by molar-refractivity contribution is 7.46. The Hall–Kier alpha value is -1.26. The van der Waals surface area contributed by atoms with Gasteiger partial charge in [-0.05, 0) is 6.42 Å². The average molecular weight is 336 g/mol. The summed E-state index contributed by atoms with van der Waals surface area (Å²) in [7, 11) is -4.71. The SMILES string of the molecule is NC(=O)C1=CN([C@@H]2O[C@H](COP(=O)(O)O)[C@H](O)C2O)C=CC1. The number of amides is 1. The number of phosphoric acid groups is 1. The van der Waals surface area contributed by atoms with E-state index in [1.165, 1.54) is 11.1 Å². The lowest BCUT2D eigenvalue weighted by molar-refractivity contribution is -0.114. The van der Waals surface area contributed by atoms with E-state index in [1.807, 2.05) is 0 Å². The van der Waals surface area contributed by atoms with E-state index in [-0.39, 0.29) is 0 Å². The van der Waals surface area contributed by atoms with Gasteiger partial charge in [-0.15, -0.1) is 0 Å². The summed E-state index contributed by atoms with van der Waals surface area (Å²) < 4.78 is 20.3. The van der Waals surface area contributed by atoms with Gasteiger partial charge in [0, 0.05) is 18.0 Å². The smallest absolute Gasteiger partial charge is 0.387 e. The summed E-state index contributed by atoms with van der Waals surface area (Å²) >= 11 is 0. The van der Waals surface area contributed by atoms with Crippen molar-refractivity contribution in [1.29, 1.82) is 0 Å². The number of allylic oxidation sites excluding steroid dienone is 1. The van der Waals surface area contributed by atoms with E-state index < -0.39 is 44.9 Å². The van der Waals surface area contributed by atoms with Crippen molar-refractivity contribution in [3.63, 3.8) is 0 Å². The third-order valence-corrected chi connectivity index (χ3v) is 3.76. The van der Waals surface area contributed by atoms with Crippen LogP contribution < -0.4 is 5.73 Å². The van der Waals surface area contributed by atoms with Gasteiger partial charge in [0.1, 0.15) is 18.3 Å². The Kier molecular flexibility index (Phi) is 5.03. The number of carbonyl (C=O) groups excluding carboxylic acids is 1. The van der Waals surface area contributed by atoms with Crippen LogP contribution in [0.25, 0.3) is 0 Å². The Bertz CT molecular complexity index is 544. The van der Waals surface area contributed by atoms with Crippen molar-refractivity contribution >= 4 is 13.7 Å². The first-order valence-electron chi connectivity index (χ1n) is 6.35. The van der Waals surface area contributed by atoms with E-state index in [0.717, 1.165) is 0 Å². The van der Waals surface area contributed by atoms with E-state index in [1.54, 1.807) is 12.3 Å². The first-order valence-corrected chi connectivity index (χ1v) is 7.88. The zero-order valence-corrected chi connectivity index (χ0v) is 12.2. The van der Waals surface area contributed by atoms with Crippen molar-refractivity contribution in [1.82, 2.24) is 4.90 Å². The maximum absolute atomic E-state index is 11.2. The first-order chi connectivity index (χ1) is 10.2. The molecule has 124 valence electrons. The highest BCUT2D eigenvalue weighted by Gasteiger charge is 2.45. The predicted octanol–water partition coefficient (Wildman–Crippen LogP) is -1.87. The predicted molar refractivity (Wildman–Crippen MR) is 71.5 cm³/mol. The number of hydrogen-bond donors (Lipinski definition) is 5. The van der Waals surface area contributed by atoms with Gasteiger partial charge in [-0.1, -0.05) is 6.08 Å². The van der Waals surface area contributed by atoms with Crippen LogP contribution >= 0.6 is 7.82 Å². The Morgan fingerprint density at radius 1 is 1.45 bits per heavy atom. The lowest BCUT2D eigenvalue weighted by Gasteiger charge is -2.28. The van der Waals surface area contributed by atoms with E-state index in [9.17, 15) is 19.6 Å². The molecule has 6 N–H and O–H groups in total. The van der Waals surface area contributed by atoms with Crippen LogP contribution in [0.1, 0.15) is 6.42 Å². The summed E-state index contributed by atoms with van der Waals surface area (Å²) in [5.41, 5.74) is 5.48. The number of aliphatic hydroxyl groups is 2. The van der Waals surface area contributed by atoms with Gasteiger partial charge in [-0.25, -0.2) is 4.57 Å². The van der Waals surface area contributed by atoms with Crippen molar-refractivity contribution in [2.75, 3.05) is 6.61 Å². The molecule has 0 spiro atoms. The molecule has 1 unspecified atom stereocenters. The maximum Gasteiger partial charge on any atom is 0.469 e. The third-order valence-electron chi connectivity index (χ3n) is 3.27. The lowest BCUT2D eigenvalue weighted by atomic mass is 10.1. The molecule has 0 aliphatic carbocycles. The Morgan fingerprint density at radius 3 is 2.73 bits per heavy atom. The van der Waals surface area contributed by atoms with Gasteiger partial charge in [0.2, 0.25) is 5.91 Å². The molecule has 0 bridgehead atoms. The molecule has 22 heavy (non-hydrogen) atoms. The van der Waals surface area contributed by atoms with E-state index in [4.69, 9.17) is 20.3 Å². The number of nitrogens with zero attached hydrogens (tertiary/aromatic N) is 1. The minimum absolute atomic E-state index is 0.294. The molecule has 2 aliphatic heterocycles. The molecular weight excluding hydrogens is 319 g/mol. The molecule has 0 aromatic heterocycles. The van der Waals surface area contributed by atoms with Crippen molar-refractivity contribution in [3.8, 4) is 0 Å². The molecule has 1 saturated heterocycles. The van der Waals surface area contributed by atoms with Gasteiger partial charge in [-0.3, -0.25) is 9.32 Å². The number of carbonyl (C=O) groups is 1. The van der Waals surface area contributed by atoms with Crippen LogP contribution in [0, 0.1) is 0 Å². The number of primary amides is 1. The highest BCUT2D eigenvalue weighted by atomic mass is 31.2. The zero-order chi connectivity index (χ0) is 16.5. The zero-order valence-electron chi connectivity index (χ0n) is 11.3. The maximum atomic E-state index is 11.2. The first kappa shape index (κ1) is 17.1. The topological polar surface area (TPSA) is 163 Å². The van der Waals surface area contributed by atoms with Gasteiger partial charge in [-0.2, -0.15) is 0 Å². The molecule has 2 rings (SSSR count).